The summed E-state index contributed by atoms with van der Waals surface area (Å²) in [5.41, 5.74) is 6.36. The van der Waals surface area contributed by atoms with E-state index in [0.29, 0.717) is 6.42 Å². The number of primary amides is 1. The van der Waals surface area contributed by atoms with Gasteiger partial charge in [-0.3, -0.25) is 9.59 Å². The molecule has 0 bridgehead atoms. The summed E-state index contributed by atoms with van der Waals surface area (Å²) in [5.74, 6) is -0.373. The normalized spacial score (nSPS) is 27.0. The number of hydrogen-bond donors (Lipinski definition) is 3. The first-order valence-electron chi connectivity index (χ1n) is 7.98. The summed E-state index contributed by atoms with van der Waals surface area (Å²) in [5, 5.41) is 15.0. The molecule has 2 heterocycles. The average molecular weight is 347 g/mol. The van der Waals surface area contributed by atoms with E-state index < -0.39 is 24.3 Å². The molecular formula is C16H21N5O4. The van der Waals surface area contributed by atoms with E-state index in [1.807, 2.05) is 0 Å². The molecule has 0 radical (unpaired) electrons. The highest BCUT2D eigenvalue weighted by atomic mass is 16.3. The Bertz CT molecular complexity index is 707. The highest BCUT2D eigenvalue weighted by Crippen LogP contribution is 2.27. The molecule has 4 amide bonds. The third kappa shape index (κ3) is 2.98. The Balaban J connectivity index is 1.93. The molecule has 0 saturated carbocycles. The van der Waals surface area contributed by atoms with Gasteiger partial charge >= 0.3 is 6.03 Å². The average Bonchev–Trinajstić information content (AvgIpc) is 2.54. The lowest BCUT2D eigenvalue weighted by Crippen LogP contribution is -2.77. The second-order valence-corrected chi connectivity index (χ2v) is 6.38. The van der Waals surface area contributed by atoms with Crippen molar-refractivity contribution in [2.45, 2.75) is 31.6 Å². The van der Waals surface area contributed by atoms with Gasteiger partial charge in [0, 0.05) is 7.05 Å². The van der Waals surface area contributed by atoms with Crippen LogP contribution >= 0.6 is 0 Å². The van der Waals surface area contributed by atoms with Gasteiger partial charge in [0.1, 0.15) is 24.5 Å². The van der Waals surface area contributed by atoms with Crippen LogP contribution in [0.1, 0.15) is 12.5 Å². The number of piperazine rings is 1. The molecule has 1 aromatic rings. The maximum atomic E-state index is 13.0. The van der Waals surface area contributed by atoms with E-state index in [0.717, 1.165) is 5.56 Å². The van der Waals surface area contributed by atoms with Crippen molar-refractivity contribution in [2.75, 3.05) is 13.6 Å². The van der Waals surface area contributed by atoms with Crippen LogP contribution in [0.5, 0.6) is 5.75 Å². The zero-order valence-corrected chi connectivity index (χ0v) is 14.0. The summed E-state index contributed by atoms with van der Waals surface area (Å²) in [6.07, 6.45) is -0.331. The number of nitrogens with one attached hydrogen (secondary N) is 1. The van der Waals surface area contributed by atoms with Crippen molar-refractivity contribution in [3.63, 3.8) is 0 Å². The molecule has 25 heavy (non-hydrogen) atoms. The topological polar surface area (TPSA) is 119 Å². The van der Waals surface area contributed by atoms with Gasteiger partial charge in [-0.1, -0.05) is 12.1 Å². The van der Waals surface area contributed by atoms with Gasteiger partial charge in [0.25, 0.3) is 0 Å². The first-order valence-corrected chi connectivity index (χ1v) is 7.98. The van der Waals surface area contributed by atoms with Crippen LogP contribution in [0.15, 0.2) is 24.3 Å². The summed E-state index contributed by atoms with van der Waals surface area (Å²) in [6.45, 7) is 1.61. The lowest BCUT2D eigenvalue weighted by molar-refractivity contribution is -0.185. The van der Waals surface area contributed by atoms with Crippen LogP contribution in [-0.4, -0.2) is 69.7 Å². The Morgan fingerprint density at radius 2 is 1.96 bits per heavy atom. The first-order chi connectivity index (χ1) is 11.8. The molecule has 1 aromatic carbocycles. The Morgan fingerprint density at radius 3 is 2.56 bits per heavy atom. The van der Waals surface area contributed by atoms with Crippen LogP contribution in [0.4, 0.5) is 4.79 Å². The molecule has 4 N–H and O–H groups in total. The molecule has 3 rings (SSSR count). The van der Waals surface area contributed by atoms with Crippen LogP contribution in [0.25, 0.3) is 0 Å². The Kier molecular flexibility index (Phi) is 4.25. The third-order valence-electron chi connectivity index (χ3n) is 4.67. The van der Waals surface area contributed by atoms with Gasteiger partial charge in [0.2, 0.25) is 11.8 Å². The number of nitrogens with two attached hydrogens (primary N) is 1. The SMILES string of the molecule is CC1NC(=O)CN2C(=O)C(Cc3ccc(O)cc3)N(C)N(C(N)=O)C12. The van der Waals surface area contributed by atoms with Crippen LogP contribution in [0.2, 0.25) is 0 Å². The lowest BCUT2D eigenvalue weighted by Gasteiger charge is -2.54. The van der Waals surface area contributed by atoms with Gasteiger partial charge in [-0.05, 0) is 31.0 Å². The minimum absolute atomic E-state index is 0.114. The van der Waals surface area contributed by atoms with E-state index in [2.05, 4.69) is 5.32 Å². The number of hydrazine groups is 1. The number of carbonyl (C=O) groups is 3. The fourth-order valence-electron chi connectivity index (χ4n) is 3.49. The summed E-state index contributed by atoms with van der Waals surface area (Å²) < 4.78 is 0. The summed E-state index contributed by atoms with van der Waals surface area (Å²) in [7, 11) is 1.63. The Labute approximate surface area is 144 Å². The fourth-order valence-corrected chi connectivity index (χ4v) is 3.49. The highest BCUT2D eigenvalue weighted by Gasteiger charge is 2.50. The number of amides is 4. The molecule has 0 aliphatic carbocycles. The molecule has 2 aliphatic rings. The van der Waals surface area contributed by atoms with Crippen molar-refractivity contribution in [1.29, 1.82) is 0 Å². The molecule has 134 valence electrons. The number of carbonyl (C=O) groups excluding carboxylic acids is 3. The van der Waals surface area contributed by atoms with Crippen LogP contribution in [-0.2, 0) is 16.0 Å². The third-order valence-corrected chi connectivity index (χ3v) is 4.67. The Hall–Kier alpha value is -2.81. The number of hydrogen-bond acceptors (Lipinski definition) is 5. The molecule has 0 aromatic heterocycles. The fraction of sp³-hybridized carbons (Fsp3) is 0.438. The molecule has 9 heteroatoms. The minimum atomic E-state index is -0.691. The summed E-state index contributed by atoms with van der Waals surface area (Å²) >= 11 is 0. The number of phenolic OH excluding ortho intramolecular Hbond substituents is 1. The first kappa shape index (κ1) is 17.0. The zero-order chi connectivity index (χ0) is 18.3. The number of likely N-dealkylation sites (N-methyl/N-ethyl adjacent to an activating group) is 1. The summed E-state index contributed by atoms with van der Waals surface area (Å²) in [4.78, 5) is 38.3. The van der Waals surface area contributed by atoms with E-state index in [4.69, 9.17) is 5.73 Å². The second-order valence-electron chi connectivity index (χ2n) is 6.38. The number of rotatable bonds is 2. The predicted molar refractivity (Wildman–Crippen MR) is 87.9 cm³/mol. The molecule has 3 atom stereocenters. The summed E-state index contributed by atoms with van der Waals surface area (Å²) in [6, 6.07) is 4.69. The van der Waals surface area contributed by atoms with E-state index in [1.54, 1.807) is 26.1 Å². The molecule has 2 aliphatic heterocycles. The van der Waals surface area contributed by atoms with Crippen LogP contribution in [0, 0.1) is 0 Å². The number of nitrogens with zero attached hydrogens (tertiary/aromatic N) is 3. The van der Waals surface area contributed by atoms with E-state index in [1.165, 1.54) is 27.1 Å². The van der Waals surface area contributed by atoms with Gasteiger partial charge in [-0.25, -0.2) is 14.8 Å². The largest absolute Gasteiger partial charge is 0.508 e. The van der Waals surface area contributed by atoms with Gasteiger partial charge in [0.05, 0.1) is 6.04 Å². The highest BCUT2D eigenvalue weighted by molar-refractivity contribution is 5.91. The van der Waals surface area contributed by atoms with E-state index in [-0.39, 0.29) is 24.1 Å². The van der Waals surface area contributed by atoms with Gasteiger partial charge in [-0.2, -0.15) is 0 Å². The number of benzene rings is 1. The number of aromatic hydroxyl groups is 1. The maximum Gasteiger partial charge on any atom is 0.331 e. The van der Waals surface area contributed by atoms with Gasteiger partial charge < -0.3 is 21.1 Å². The van der Waals surface area contributed by atoms with E-state index in [9.17, 15) is 19.5 Å². The number of phenols is 1. The van der Waals surface area contributed by atoms with Gasteiger partial charge in [0.15, 0.2) is 0 Å². The molecule has 0 spiro atoms. The molecule has 2 fully saturated rings. The standard InChI is InChI=1S/C16H21N5O4/c1-9-14-20(8-13(23)18-9)15(24)12(19(2)21(14)16(17)25)7-10-3-5-11(22)6-4-10/h3-6,9,12,14,22H,7-8H2,1-2H3,(H2,17,25)(H,18,23). The number of urea groups is 1. The smallest absolute Gasteiger partial charge is 0.331 e. The predicted octanol–water partition coefficient (Wildman–Crippen LogP) is -0.783. The van der Waals surface area contributed by atoms with Crippen LogP contribution in [0.3, 0.4) is 0 Å². The molecule has 3 unspecified atom stereocenters. The lowest BCUT2D eigenvalue weighted by atomic mass is 10.00. The molecule has 9 nitrogen and oxygen atoms in total. The minimum Gasteiger partial charge on any atom is -0.508 e. The Morgan fingerprint density at radius 1 is 1.32 bits per heavy atom. The molecule has 2 saturated heterocycles. The second kappa shape index (κ2) is 6.25. The van der Waals surface area contributed by atoms with Crippen LogP contribution < -0.4 is 11.1 Å². The van der Waals surface area contributed by atoms with E-state index >= 15 is 0 Å². The van der Waals surface area contributed by atoms with Crippen molar-refractivity contribution in [3.05, 3.63) is 29.8 Å². The zero-order valence-electron chi connectivity index (χ0n) is 14.0. The monoisotopic (exact) mass is 347 g/mol. The van der Waals surface area contributed by atoms with Crippen molar-refractivity contribution in [3.8, 4) is 5.75 Å². The quantitative estimate of drug-likeness (QED) is 0.648. The van der Waals surface area contributed by atoms with Gasteiger partial charge in [-0.15, -0.1) is 0 Å². The maximum absolute atomic E-state index is 13.0. The van der Waals surface area contributed by atoms with Crippen molar-refractivity contribution >= 4 is 17.8 Å². The number of fused-ring (bicyclic) bond motifs is 1. The van der Waals surface area contributed by atoms with Crippen molar-refractivity contribution < 1.29 is 19.5 Å². The van der Waals surface area contributed by atoms with Crippen molar-refractivity contribution in [2.24, 2.45) is 5.73 Å². The molecular weight excluding hydrogens is 326 g/mol. The van der Waals surface area contributed by atoms with Crippen molar-refractivity contribution in [1.82, 2.24) is 20.2 Å².